The second-order valence-corrected chi connectivity index (χ2v) is 9.52. The highest BCUT2D eigenvalue weighted by atomic mass is 35.5. The fourth-order valence-electron chi connectivity index (χ4n) is 4.11. The van der Waals surface area contributed by atoms with Gasteiger partial charge in [-0.1, -0.05) is 29.8 Å². The van der Waals surface area contributed by atoms with Crippen molar-refractivity contribution in [1.82, 2.24) is 5.32 Å². The quantitative estimate of drug-likeness (QED) is 0.380. The van der Waals surface area contributed by atoms with Gasteiger partial charge < -0.3 is 4.90 Å². The van der Waals surface area contributed by atoms with Gasteiger partial charge in [0.1, 0.15) is 5.57 Å². The van der Waals surface area contributed by atoms with Crippen LogP contribution in [0.3, 0.4) is 0 Å². The molecule has 4 rings (SSSR count). The molecule has 0 saturated carbocycles. The highest BCUT2D eigenvalue weighted by Crippen LogP contribution is 2.41. The summed E-state index contributed by atoms with van der Waals surface area (Å²) in [6.07, 6.45) is 3.73. The molecule has 2 amide bonds. The smallest absolute Gasteiger partial charge is 0.270 e. The molecule has 164 valence electrons. The standard InChI is InChI=1S/C25H24ClN3O2S/c1-14-7-6-8-17(9-14)29-23(31)19(22(30)27-24(29)32)11-16-10-18-15(2)13-25(3,4)28(5)21(18)12-20(16)26/h6-13H,1-5H3,(H,27,30,32)/b19-11+. The average Bonchev–Trinajstić information content (AvgIpc) is 2.69. The first-order valence-corrected chi connectivity index (χ1v) is 11.0. The summed E-state index contributed by atoms with van der Waals surface area (Å²) in [6.45, 7) is 8.25. The van der Waals surface area contributed by atoms with Crippen LogP contribution in [0.1, 0.15) is 37.5 Å². The zero-order chi connectivity index (χ0) is 23.4. The Kier molecular flexibility index (Phi) is 5.47. The maximum Gasteiger partial charge on any atom is 0.270 e. The number of rotatable bonds is 2. The van der Waals surface area contributed by atoms with Crippen molar-refractivity contribution in [3.63, 3.8) is 0 Å². The van der Waals surface area contributed by atoms with Crippen LogP contribution in [-0.2, 0) is 9.59 Å². The first kappa shape index (κ1) is 22.2. The lowest BCUT2D eigenvalue weighted by Crippen LogP contribution is -2.54. The Hall–Kier alpha value is -2.96. The second-order valence-electron chi connectivity index (χ2n) is 8.73. The van der Waals surface area contributed by atoms with E-state index in [2.05, 4.69) is 37.1 Å². The van der Waals surface area contributed by atoms with Crippen LogP contribution >= 0.6 is 23.8 Å². The van der Waals surface area contributed by atoms with E-state index in [0.717, 1.165) is 22.4 Å². The SMILES string of the molecule is CC1=CC(C)(C)N(C)c2cc(Cl)c(/C=C3\C(=O)NC(=S)N(c4cccc(C)c4)C3=O)cc21. The summed E-state index contributed by atoms with van der Waals surface area (Å²) in [7, 11) is 2.02. The molecule has 5 nitrogen and oxygen atoms in total. The molecule has 1 fully saturated rings. The largest absolute Gasteiger partial charge is 0.365 e. The molecule has 0 atom stereocenters. The number of benzene rings is 2. The number of likely N-dealkylation sites (N-methyl/N-ethyl adjacent to an activating group) is 1. The third-order valence-electron chi connectivity index (χ3n) is 6.00. The summed E-state index contributed by atoms with van der Waals surface area (Å²) in [4.78, 5) is 29.5. The molecule has 2 aliphatic rings. The predicted molar refractivity (Wildman–Crippen MR) is 135 cm³/mol. The zero-order valence-electron chi connectivity index (χ0n) is 18.6. The van der Waals surface area contributed by atoms with Gasteiger partial charge in [-0.15, -0.1) is 0 Å². The van der Waals surface area contributed by atoms with Crippen LogP contribution in [0.5, 0.6) is 0 Å². The lowest BCUT2D eigenvalue weighted by Gasteiger charge is -2.40. The molecular weight excluding hydrogens is 442 g/mol. The van der Waals surface area contributed by atoms with Gasteiger partial charge in [0.05, 0.1) is 11.2 Å². The summed E-state index contributed by atoms with van der Waals surface area (Å²) in [5, 5.41) is 3.14. The van der Waals surface area contributed by atoms with Crippen LogP contribution in [0, 0.1) is 6.92 Å². The van der Waals surface area contributed by atoms with Crippen molar-refractivity contribution in [2.45, 2.75) is 33.2 Å². The maximum absolute atomic E-state index is 13.3. The van der Waals surface area contributed by atoms with Gasteiger partial charge in [-0.05, 0) is 87.0 Å². The van der Waals surface area contributed by atoms with Gasteiger partial charge in [-0.2, -0.15) is 0 Å². The van der Waals surface area contributed by atoms with E-state index in [1.165, 1.54) is 11.0 Å². The molecule has 0 aliphatic carbocycles. The maximum atomic E-state index is 13.3. The van der Waals surface area contributed by atoms with Crippen molar-refractivity contribution >= 4 is 63.8 Å². The van der Waals surface area contributed by atoms with E-state index < -0.39 is 11.8 Å². The van der Waals surface area contributed by atoms with Crippen molar-refractivity contribution in [2.24, 2.45) is 0 Å². The van der Waals surface area contributed by atoms with Crippen LogP contribution < -0.4 is 15.1 Å². The van der Waals surface area contributed by atoms with E-state index in [9.17, 15) is 9.59 Å². The molecule has 0 spiro atoms. The molecule has 2 aromatic rings. The third-order valence-corrected chi connectivity index (χ3v) is 6.61. The number of hydrogen-bond acceptors (Lipinski definition) is 4. The number of fused-ring (bicyclic) bond motifs is 1. The Bertz CT molecular complexity index is 1250. The fraction of sp³-hybridized carbons (Fsp3) is 0.240. The molecule has 1 N–H and O–H groups in total. The van der Waals surface area contributed by atoms with Crippen LogP contribution in [0.4, 0.5) is 11.4 Å². The molecular formula is C25H24ClN3O2S. The molecule has 1 saturated heterocycles. The minimum absolute atomic E-state index is 0.0203. The van der Waals surface area contributed by atoms with Gasteiger partial charge in [-0.3, -0.25) is 19.8 Å². The lowest BCUT2D eigenvalue weighted by molar-refractivity contribution is -0.122. The van der Waals surface area contributed by atoms with Crippen LogP contribution in [-0.4, -0.2) is 29.5 Å². The number of aryl methyl sites for hydroxylation is 1. The lowest BCUT2D eigenvalue weighted by atomic mass is 9.88. The Morgan fingerprint density at radius 3 is 2.53 bits per heavy atom. The van der Waals surface area contributed by atoms with Crippen molar-refractivity contribution in [3.05, 3.63) is 69.8 Å². The average molecular weight is 466 g/mol. The van der Waals surface area contributed by atoms with Gasteiger partial charge in [0.15, 0.2) is 5.11 Å². The Morgan fingerprint density at radius 2 is 1.84 bits per heavy atom. The molecule has 32 heavy (non-hydrogen) atoms. The number of anilines is 2. The number of carbonyl (C=O) groups is 2. The summed E-state index contributed by atoms with van der Waals surface area (Å²) in [5.74, 6) is -1.02. The topological polar surface area (TPSA) is 52.7 Å². The minimum atomic E-state index is -0.539. The van der Waals surface area contributed by atoms with Crippen LogP contribution in [0.15, 0.2) is 48.0 Å². The molecule has 7 heteroatoms. The van der Waals surface area contributed by atoms with E-state index in [1.54, 1.807) is 6.07 Å². The van der Waals surface area contributed by atoms with Gasteiger partial charge >= 0.3 is 0 Å². The number of nitrogens with one attached hydrogen (secondary N) is 1. The Balaban J connectivity index is 1.80. The van der Waals surface area contributed by atoms with E-state index >= 15 is 0 Å². The van der Waals surface area contributed by atoms with Crippen molar-refractivity contribution in [3.8, 4) is 0 Å². The highest BCUT2D eigenvalue weighted by Gasteiger charge is 2.35. The summed E-state index contributed by atoms with van der Waals surface area (Å²) in [6, 6.07) is 11.2. The second kappa shape index (κ2) is 7.87. The molecule has 0 aromatic heterocycles. The molecule has 2 heterocycles. The van der Waals surface area contributed by atoms with E-state index in [1.807, 2.05) is 44.3 Å². The fourth-order valence-corrected chi connectivity index (χ4v) is 4.61. The number of amides is 2. The molecule has 0 bridgehead atoms. The summed E-state index contributed by atoms with van der Waals surface area (Å²) < 4.78 is 0. The van der Waals surface area contributed by atoms with E-state index in [4.69, 9.17) is 23.8 Å². The first-order chi connectivity index (χ1) is 15.0. The normalized spacial score (nSPS) is 19.1. The first-order valence-electron chi connectivity index (χ1n) is 10.2. The predicted octanol–water partition coefficient (Wildman–Crippen LogP) is 5.11. The monoisotopic (exact) mass is 465 g/mol. The van der Waals surface area contributed by atoms with Crippen molar-refractivity contribution < 1.29 is 9.59 Å². The number of thiocarbonyl (C=S) groups is 1. The Labute approximate surface area is 198 Å². The number of hydrogen-bond donors (Lipinski definition) is 1. The Morgan fingerprint density at radius 1 is 1.12 bits per heavy atom. The van der Waals surface area contributed by atoms with Crippen molar-refractivity contribution in [2.75, 3.05) is 16.8 Å². The molecule has 2 aromatic carbocycles. The van der Waals surface area contributed by atoms with Crippen LogP contribution in [0.2, 0.25) is 5.02 Å². The number of nitrogens with zero attached hydrogens (tertiary/aromatic N) is 2. The van der Waals surface area contributed by atoms with Gasteiger partial charge in [0.25, 0.3) is 11.8 Å². The molecule has 0 unspecified atom stereocenters. The number of allylic oxidation sites excluding steroid dienone is 1. The van der Waals surface area contributed by atoms with Gasteiger partial charge in [-0.25, -0.2) is 0 Å². The zero-order valence-corrected chi connectivity index (χ0v) is 20.2. The molecule has 2 aliphatic heterocycles. The van der Waals surface area contributed by atoms with Crippen LogP contribution in [0.25, 0.3) is 11.6 Å². The summed E-state index contributed by atoms with van der Waals surface area (Å²) >= 11 is 11.9. The van der Waals surface area contributed by atoms with Gasteiger partial charge in [0, 0.05) is 23.3 Å². The van der Waals surface area contributed by atoms with Gasteiger partial charge in [0.2, 0.25) is 0 Å². The van der Waals surface area contributed by atoms with E-state index in [0.29, 0.717) is 16.3 Å². The summed E-state index contributed by atoms with van der Waals surface area (Å²) in [5.41, 5.74) is 5.14. The minimum Gasteiger partial charge on any atom is -0.365 e. The number of carbonyl (C=O) groups excluding carboxylic acids is 2. The highest BCUT2D eigenvalue weighted by molar-refractivity contribution is 7.80. The van der Waals surface area contributed by atoms with E-state index in [-0.39, 0.29) is 16.2 Å². The number of halogens is 1. The third kappa shape index (κ3) is 3.74. The molecule has 0 radical (unpaired) electrons. The van der Waals surface area contributed by atoms with Crippen molar-refractivity contribution in [1.29, 1.82) is 0 Å².